The zero-order valence-corrected chi connectivity index (χ0v) is 20.9. The Bertz CT molecular complexity index is 1580. The summed E-state index contributed by atoms with van der Waals surface area (Å²) >= 11 is 12.6. The standard InChI is InChI=1S/C25H21Cl2N9O/c26-16-4-7-21(35-13-30-33-34-35)18(10-16)15-3-6-22(36(37)12-15)19(9-14-1-2-14)25-29-11-20(31-25)17-5-8-23(28)32-24(17)27/h3-8,10-14,19H,1-2,9H2,(H2,28,32)(H,29,31)/t19-/m1/s1. The predicted octanol–water partition coefficient (Wildman–Crippen LogP) is 4.57. The van der Waals surface area contributed by atoms with Crippen molar-refractivity contribution in [1.29, 1.82) is 0 Å². The van der Waals surface area contributed by atoms with Gasteiger partial charge in [-0.2, -0.15) is 9.41 Å². The van der Waals surface area contributed by atoms with Crippen molar-refractivity contribution in [2.75, 3.05) is 5.73 Å². The van der Waals surface area contributed by atoms with Crippen LogP contribution >= 0.6 is 23.2 Å². The summed E-state index contributed by atoms with van der Waals surface area (Å²) < 4.78 is 2.44. The number of rotatable bonds is 7. The van der Waals surface area contributed by atoms with E-state index in [1.54, 1.807) is 36.7 Å². The first-order valence-corrected chi connectivity index (χ1v) is 12.5. The molecule has 1 aliphatic carbocycles. The van der Waals surface area contributed by atoms with Gasteiger partial charge in [-0.05, 0) is 59.2 Å². The van der Waals surface area contributed by atoms with Crippen LogP contribution in [-0.2, 0) is 0 Å². The van der Waals surface area contributed by atoms with Gasteiger partial charge in [-0.3, -0.25) is 0 Å². The highest BCUT2D eigenvalue weighted by Gasteiger charge is 2.33. The Morgan fingerprint density at radius 2 is 2.00 bits per heavy atom. The Hall–Kier alpha value is -4.02. The van der Waals surface area contributed by atoms with Crippen LogP contribution in [0.25, 0.3) is 28.1 Å². The molecule has 37 heavy (non-hydrogen) atoms. The van der Waals surface area contributed by atoms with E-state index < -0.39 is 0 Å². The average Bonchev–Trinajstić information content (AvgIpc) is 3.31. The van der Waals surface area contributed by atoms with Crippen molar-refractivity contribution < 1.29 is 4.73 Å². The zero-order chi connectivity index (χ0) is 25.5. The second-order valence-electron chi connectivity index (χ2n) is 9.07. The summed E-state index contributed by atoms with van der Waals surface area (Å²) in [5.41, 5.74) is 9.88. The molecule has 4 aromatic heterocycles. The fourth-order valence-corrected chi connectivity index (χ4v) is 4.93. The Labute approximate surface area is 221 Å². The molecule has 1 aliphatic rings. The number of hydrogen-bond donors (Lipinski definition) is 2. The summed E-state index contributed by atoms with van der Waals surface area (Å²) in [6, 6.07) is 12.6. The van der Waals surface area contributed by atoms with Gasteiger partial charge in [0, 0.05) is 27.8 Å². The minimum atomic E-state index is -0.216. The van der Waals surface area contributed by atoms with E-state index in [0.29, 0.717) is 50.8 Å². The number of H-pyrrole nitrogens is 1. The molecule has 10 nitrogen and oxygen atoms in total. The number of imidazole rings is 1. The van der Waals surface area contributed by atoms with Gasteiger partial charge in [0.1, 0.15) is 29.0 Å². The van der Waals surface area contributed by atoms with E-state index in [2.05, 4.69) is 30.5 Å². The number of tetrazole rings is 1. The average molecular weight is 534 g/mol. The second-order valence-corrected chi connectivity index (χ2v) is 9.87. The molecule has 0 spiro atoms. The first-order chi connectivity index (χ1) is 18.0. The molecule has 0 saturated heterocycles. The molecule has 0 radical (unpaired) electrons. The Morgan fingerprint density at radius 1 is 1.14 bits per heavy atom. The van der Waals surface area contributed by atoms with Crippen molar-refractivity contribution in [3.05, 3.63) is 88.1 Å². The van der Waals surface area contributed by atoms with Gasteiger partial charge in [-0.25, -0.2) is 9.97 Å². The number of nitrogens with two attached hydrogens (primary N) is 1. The van der Waals surface area contributed by atoms with E-state index in [1.807, 2.05) is 18.2 Å². The number of benzene rings is 1. The van der Waals surface area contributed by atoms with Crippen LogP contribution < -0.4 is 10.5 Å². The second kappa shape index (κ2) is 9.45. The SMILES string of the molecule is Nc1ccc(-c2cnc([C@H](CC3CC3)c3ccc(-c4cc(Cl)ccc4-n4cnnn4)c[n+]3[O-])[nH]2)c(Cl)n1. The van der Waals surface area contributed by atoms with Crippen LogP contribution in [0.3, 0.4) is 0 Å². The van der Waals surface area contributed by atoms with Gasteiger partial charge in [0.05, 0.1) is 17.6 Å². The van der Waals surface area contributed by atoms with Crippen molar-refractivity contribution >= 4 is 29.0 Å². The maximum Gasteiger partial charge on any atom is 0.203 e. The van der Waals surface area contributed by atoms with Crippen LogP contribution in [0.2, 0.25) is 10.2 Å². The number of hydrogen-bond acceptors (Lipinski definition) is 7. The monoisotopic (exact) mass is 533 g/mol. The van der Waals surface area contributed by atoms with Crippen LogP contribution in [0.5, 0.6) is 0 Å². The molecule has 0 unspecified atom stereocenters. The number of nitrogens with zero attached hydrogens (tertiary/aromatic N) is 7. The van der Waals surface area contributed by atoms with Gasteiger partial charge in [-0.1, -0.05) is 36.0 Å². The molecule has 186 valence electrons. The fourth-order valence-electron chi connectivity index (χ4n) is 4.49. The molecule has 1 saturated carbocycles. The first kappa shape index (κ1) is 23.4. The topological polar surface area (TPSA) is 138 Å². The summed E-state index contributed by atoms with van der Waals surface area (Å²) in [6.07, 6.45) is 7.87. The summed E-state index contributed by atoms with van der Waals surface area (Å²) in [7, 11) is 0. The molecule has 1 aromatic carbocycles. The molecule has 0 aliphatic heterocycles. The van der Waals surface area contributed by atoms with Gasteiger partial charge in [0.15, 0.2) is 6.20 Å². The normalized spacial score (nSPS) is 14.1. The third-order valence-corrected chi connectivity index (χ3v) is 7.04. The number of anilines is 1. The number of nitrogens with one attached hydrogen (secondary N) is 1. The van der Waals surface area contributed by atoms with Crippen LogP contribution in [0.15, 0.2) is 61.2 Å². The third-order valence-electron chi connectivity index (χ3n) is 6.52. The maximum atomic E-state index is 13.4. The highest BCUT2D eigenvalue weighted by atomic mass is 35.5. The third kappa shape index (κ3) is 4.73. The largest absolute Gasteiger partial charge is 0.618 e. The van der Waals surface area contributed by atoms with E-state index in [9.17, 15) is 5.21 Å². The Balaban J connectivity index is 1.38. The molecule has 5 aromatic rings. The quantitative estimate of drug-likeness (QED) is 0.177. The number of halogens is 2. The zero-order valence-electron chi connectivity index (χ0n) is 19.4. The van der Waals surface area contributed by atoms with Crippen molar-refractivity contribution in [1.82, 2.24) is 35.2 Å². The van der Waals surface area contributed by atoms with Gasteiger partial charge < -0.3 is 15.9 Å². The van der Waals surface area contributed by atoms with Crippen molar-refractivity contribution in [3.63, 3.8) is 0 Å². The highest BCUT2D eigenvalue weighted by molar-refractivity contribution is 6.32. The summed E-state index contributed by atoms with van der Waals surface area (Å²) in [5, 5.41) is 25.7. The lowest BCUT2D eigenvalue weighted by molar-refractivity contribution is -0.614. The lowest BCUT2D eigenvalue weighted by atomic mass is 9.95. The maximum absolute atomic E-state index is 13.4. The summed E-state index contributed by atoms with van der Waals surface area (Å²) in [5.74, 6) is 1.38. The molecule has 4 heterocycles. The van der Waals surface area contributed by atoms with E-state index in [4.69, 9.17) is 28.9 Å². The van der Waals surface area contributed by atoms with Crippen molar-refractivity contribution in [2.24, 2.45) is 5.92 Å². The fraction of sp³-hybridized carbons (Fsp3) is 0.200. The molecule has 1 atom stereocenters. The Kier molecular flexibility index (Phi) is 5.97. The van der Waals surface area contributed by atoms with E-state index >= 15 is 0 Å². The number of nitrogen functional groups attached to an aromatic ring is 1. The highest BCUT2D eigenvalue weighted by Crippen LogP contribution is 2.41. The number of aromatic nitrogens is 8. The number of aromatic amines is 1. The van der Waals surface area contributed by atoms with Crippen molar-refractivity contribution in [2.45, 2.75) is 25.2 Å². The first-order valence-electron chi connectivity index (χ1n) is 11.7. The molecule has 0 bridgehead atoms. The molecule has 6 rings (SSSR count). The molecule has 1 fully saturated rings. The lowest BCUT2D eigenvalue weighted by Crippen LogP contribution is -2.34. The van der Waals surface area contributed by atoms with Gasteiger partial charge in [0.25, 0.3) is 0 Å². The molecule has 12 heteroatoms. The molecular weight excluding hydrogens is 513 g/mol. The predicted molar refractivity (Wildman–Crippen MR) is 139 cm³/mol. The molecule has 0 amide bonds. The van der Waals surface area contributed by atoms with Crippen LogP contribution in [-0.4, -0.2) is 35.2 Å². The van der Waals surface area contributed by atoms with E-state index in [-0.39, 0.29) is 11.1 Å². The van der Waals surface area contributed by atoms with Crippen LogP contribution in [0, 0.1) is 11.1 Å². The summed E-state index contributed by atoms with van der Waals surface area (Å²) in [4.78, 5) is 12.1. The van der Waals surface area contributed by atoms with E-state index in [0.717, 1.165) is 29.6 Å². The minimum Gasteiger partial charge on any atom is -0.618 e. The smallest absolute Gasteiger partial charge is 0.203 e. The van der Waals surface area contributed by atoms with Crippen LogP contribution in [0.4, 0.5) is 5.82 Å². The van der Waals surface area contributed by atoms with Gasteiger partial charge in [-0.15, -0.1) is 5.10 Å². The molecule has 3 N–H and O–H groups in total. The number of pyridine rings is 2. The minimum absolute atomic E-state index is 0.216. The lowest BCUT2D eigenvalue weighted by Gasteiger charge is -2.16. The Morgan fingerprint density at radius 3 is 2.73 bits per heavy atom. The van der Waals surface area contributed by atoms with E-state index in [1.165, 1.54) is 11.0 Å². The van der Waals surface area contributed by atoms with Crippen molar-refractivity contribution in [3.8, 4) is 28.1 Å². The van der Waals surface area contributed by atoms with Crippen LogP contribution in [0.1, 0.15) is 36.7 Å². The summed E-state index contributed by atoms with van der Waals surface area (Å²) in [6.45, 7) is 0. The van der Waals surface area contributed by atoms with Gasteiger partial charge >= 0.3 is 0 Å². The molecular formula is C25H21Cl2N9O. The van der Waals surface area contributed by atoms with Gasteiger partial charge in [0.2, 0.25) is 5.69 Å².